The van der Waals surface area contributed by atoms with Crippen molar-refractivity contribution >= 4 is 12.0 Å². The molecule has 1 aliphatic carbocycles. The molecule has 120 valence electrons. The second kappa shape index (κ2) is 6.24. The van der Waals surface area contributed by atoms with Crippen molar-refractivity contribution in [2.45, 2.75) is 58.8 Å². The van der Waals surface area contributed by atoms with Crippen LogP contribution in [0.5, 0.6) is 0 Å². The Morgan fingerprint density at radius 1 is 1.14 bits per heavy atom. The van der Waals surface area contributed by atoms with Gasteiger partial charge in [-0.05, 0) is 37.5 Å². The van der Waals surface area contributed by atoms with Crippen molar-refractivity contribution in [3.05, 3.63) is 0 Å². The van der Waals surface area contributed by atoms with Gasteiger partial charge in [0.1, 0.15) is 0 Å². The Hall–Kier alpha value is -1.26. The van der Waals surface area contributed by atoms with Crippen LogP contribution in [-0.4, -0.2) is 41.6 Å². The fraction of sp³-hybridized carbons (Fsp3) is 0.875. The highest BCUT2D eigenvalue weighted by Gasteiger charge is 2.46. The highest BCUT2D eigenvalue weighted by molar-refractivity contribution is 5.79. The molecule has 2 rings (SSSR count). The molecule has 21 heavy (non-hydrogen) atoms. The molecule has 1 saturated heterocycles. The number of nitrogens with one attached hydrogen (secondary N) is 1. The van der Waals surface area contributed by atoms with Crippen molar-refractivity contribution in [1.29, 1.82) is 0 Å². The summed E-state index contributed by atoms with van der Waals surface area (Å²) in [7, 11) is 0. The average molecular weight is 296 g/mol. The molecule has 5 heteroatoms. The standard InChI is InChI=1S/C16H28N2O3/c1-3-5-15(7-8-15)11-17-14(21)18-10-9-16(12-18,6-4-2)13(19)20/h3-12H2,1-2H3,(H,17,21)(H,19,20). The SMILES string of the molecule is CCCC1(CNC(=O)N2CCC(CCC)(C(=O)O)C2)CC1. The van der Waals surface area contributed by atoms with Gasteiger partial charge in [0.05, 0.1) is 5.41 Å². The first-order valence-corrected chi connectivity index (χ1v) is 8.23. The van der Waals surface area contributed by atoms with Gasteiger partial charge in [-0.15, -0.1) is 0 Å². The smallest absolute Gasteiger partial charge is 0.317 e. The van der Waals surface area contributed by atoms with Crippen LogP contribution >= 0.6 is 0 Å². The van der Waals surface area contributed by atoms with Crippen LogP contribution < -0.4 is 5.32 Å². The molecular weight excluding hydrogens is 268 g/mol. The number of hydrogen-bond donors (Lipinski definition) is 2. The number of nitrogens with zero attached hydrogens (tertiary/aromatic N) is 1. The first-order chi connectivity index (χ1) is 9.97. The van der Waals surface area contributed by atoms with Gasteiger partial charge >= 0.3 is 12.0 Å². The number of rotatable bonds is 7. The van der Waals surface area contributed by atoms with Crippen LogP contribution in [0.4, 0.5) is 4.79 Å². The lowest BCUT2D eigenvalue weighted by atomic mass is 9.83. The summed E-state index contributed by atoms with van der Waals surface area (Å²) in [5, 5.41) is 12.5. The first-order valence-electron chi connectivity index (χ1n) is 8.23. The third-order valence-electron chi connectivity index (χ3n) is 5.18. The third-order valence-corrected chi connectivity index (χ3v) is 5.18. The molecule has 0 aromatic rings. The Morgan fingerprint density at radius 2 is 1.81 bits per heavy atom. The van der Waals surface area contributed by atoms with Crippen molar-refractivity contribution in [1.82, 2.24) is 10.2 Å². The Labute approximate surface area is 127 Å². The van der Waals surface area contributed by atoms with Crippen molar-refractivity contribution in [2.75, 3.05) is 19.6 Å². The average Bonchev–Trinajstić information content (AvgIpc) is 3.06. The zero-order valence-electron chi connectivity index (χ0n) is 13.3. The van der Waals surface area contributed by atoms with Gasteiger partial charge in [0.15, 0.2) is 0 Å². The van der Waals surface area contributed by atoms with Crippen molar-refractivity contribution < 1.29 is 14.7 Å². The van der Waals surface area contributed by atoms with Gasteiger partial charge in [0, 0.05) is 19.6 Å². The summed E-state index contributed by atoms with van der Waals surface area (Å²) >= 11 is 0. The number of aliphatic carboxylic acids is 1. The number of carbonyl (C=O) groups is 2. The molecule has 2 N–H and O–H groups in total. The third kappa shape index (κ3) is 3.50. The summed E-state index contributed by atoms with van der Waals surface area (Å²) in [5.74, 6) is -0.760. The largest absolute Gasteiger partial charge is 0.481 e. The van der Waals surface area contributed by atoms with Gasteiger partial charge in [-0.25, -0.2) is 4.79 Å². The Bertz CT molecular complexity index is 406. The number of amides is 2. The molecule has 1 saturated carbocycles. The molecule has 0 aromatic carbocycles. The number of carboxylic acids is 1. The summed E-state index contributed by atoms with van der Waals surface area (Å²) in [6.45, 7) is 5.81. The van der Waals surface area contributed by atoms with E-state index in [1.54, 1.807) is 4.90 Å². The number of hydrogen-bond acceptors (Lipinski definition) is 2. The van der Waals surface area contributed by atoms with Crippen LogP contribution in [-0.2, 0) is 4.79 Å². The maximum atomic E-state index is 12.3. The van der Waals surface area contributed by atoms with Gasteiger partial charge in [0.2, 0.25) is 0 Å². The predicted molar refractivity (Wildman–Crippen MR) is 81.1 cm³/mol. The minimum Gasteiger partial charge on any atom is -0.481 e. The van der Waals surface area contributed by atoms with Crippen LogP contribution in [0.15, 0.2) is 0 Å². The van der Waals surface area contributed by atoms with Crippen molar-refractivity contribution in [3.63, 3.8) is 0 Å². The van der Waals surface area contributed by atoms with E-state index >= 15 is 0 Å². The second-order valence-electron chi connectivity index (χ2n) is 6.92. The van der Waals surface area contributed by atoms with E-state index in [2.05, 4.69) is 12.2 Å². The quantitative estimate of drug-likeness (QED) is 0.759. The summed E-state index contributed by atoms with van der Waals surface area (Å²) < 4.78 is 0. The van der Waals surface area contributed by atoms with Gasteiger partial charge in [-0.2, -0.15) is 0 Å². The molecule has 2 fully saturated rings. The zero-order chi connectivity index (χ0) is 15.5. The molecule has 0 radical (unpaired) electrons. The van der Waals surface area contributed by atoms with Crippen LogP contribution in [0.3, 0.4) is 0 Å². The summed E-state index contributed by atoms with van der Waals surface area (Å²) in [6, 6.07) is -0.0865. The van der Waals surface area contributed by atoms with Gasteiger partial charge in [-0.1, -0.05) is 26.7 Å². The second-order valence-corrected chi connectivity index (χ2v) is 6.92. The maximum Gasteiger partial charge on any atom is 0.317 e. The normalized spacial score (nSPS) is 26.7. The Balaban J connectivity index is 1.85. The van der Waals surface area contributed by atoms with Crippen LogP contribution in [0.25, 0.3) is 0 Å². The highest BCUT2D eigenvalue weighted by Crippen LogP contribution is 2.49. The molecule has 1 unspecified atom stereocenters. The minimum absolute atomic E-state index is 0.0865. The summed E-state index contributed by atoms with van der Waals surface area (Å²) in [5.41, 5.74) is -0.399. The van der Waals surface area contributed by atoms with E-state index in [1.807, 2.05) is 6.92 Å². The minimum atomic E-state index is -0.760. The predicted octanol–water partition coefficient (Wildman–Crippen LogP) is 2.85. The monoisotopic (exact) mass is 296 g/mol. The Morgan fingerprint density at radius 3 is 2.33 bits per heavy atom. The first kappa shape index (κ1) is 16.1. The number of urea groups is 1. The molecule has 2 amide bonds. The van der Waals surface area contributed by atoms with Crippen LogP contribution in [0.2, 0.25) is 0 Å². The van der Waals surface area contributed by atoms with E-state index in [-0.39, 0.29) is 6.03 Å². The topological polar surface area (TPSA) is 69.6 Å². The van der Waals surface area contributed by atoms with Crippen LogP contribution in [0, 0.1) is 10.8 Å². The molecule has 1 heterocycles. The van der Waals surface area contributed by atoms with E-state index in [1.165, 1.54) is 19.3 Å². The number of carboxylic acid groups (broad SMARTS) is 1. The molecule has 0 bridgehead atoms. The lowest BCUT2D eigenvalue weighted by molar-refractivity contribution is -0.148. The van der Waals surface area contributed by atoms with Crippen molar-refractivity contribution in [2.24, 2.45) is 10.8 Å². The lowest BCUT2D eigenvalue weighted by Crippen LogP contribution is -2.43. The maximum absolute atomic E-state index is 12.3. The lowest BCUT2D eigenvalue weighted by Gasteiger charge is -2.25. The molecule has 1 atom stereocenters. The molecular formula is C16H28N2O3. The van der Waals surface area contributed by atoms with E-state index in [9.17, 15) is 14.7 Å². The van der Waals surface area contributed by atoms with Crippen molar-refractivity contribution in [3.8, 4) is 0 Å². The van der Waals surface area contributed by atoms with Gasteiger partial charge in [-0.3, -0.25) is 4.79 Å². The Kier molecular flexibility index (Phi) is 4.79. The van der Waals surface area contributed by atoms with Crippen LogP contribution in [0.1, 0.15) is 58.8 Å². The van der Waals surface area contributed by atoms with Gasteiger partial charge in [0.25, 0.3) is 0 Å². The number of carbonyl (C=O) groups excluding carboxylic acids is 1. The summed E-state index contributed by atoms with van der Waals surface area (Å²) in [6.07, 6.45) is 6.78. The van der Waals surface area contributed by atoms with E-state index in [4.69, 9.17) is 0 Å². The molecule has 5 nitrogen and oxygen atoms in total. The summed E-state index contributed by atoms with van der Waals surface area (Å²) in [4.78, 5) is 25.5. The fourth-order valence-corrected chi connectivity index (χ4v) is 3.61. The highest BCUT2D eigenvalue weighted by atomic mass is 16.4. The van der Waals surface area contributed by atoms with E-state index < -0.39 is 11.4 Å². The molecule has 2 aliphatic rings. The molecule has 0 aromatic heterocycles. The van der Waals surface area contributed by atoms with E-state index in [0.29, 0.717) is 31.3 Å². The van der Waals surface area contributed by atoms with Gasteiger partial charge < -0.3 is 15.3 Å². The van der Waals surface area contributed by atoms with E-state index in [0.717, 1.165) is 19.4 Å². The molecule has 0 spiro atoms. The zero-order valence-corrected chi connectivity index (χ0v) is 13.3. The fourth-order valence-electron chi connectivity index (χ4n) is 3.61. The molecule has 1 aliphatic heterocycles. The number of likely N-dealkylation sites (tertiary alicyclic amines) is 1.